The van der Waals surface area contributed by atoms with Gasteiger partial charge in [-0.1, -0.05) is 11.3 Å². The molecule has 3 aromatic heterocycles. The van der Waals surface area contributed by atoms with E-state index in [1.165, 1.54) is 23.2 Å². The Balaban J connectivity index is 1.49. The van der Waals surface area contributed by atoms with Crippen molar-refractivity contribution in [3.05, 3.63) is 30.5 Å². The molecule has 4 heterocycles. The molecule has 2 atom stereocenters. The third-order valence-corrected chi connectivity index (χ3v) is 6.44. The third-order valence-electron chi connectivity index (χ3n) is 6.44. The largest absolute Gasteiger partial charge is 0.479 e. The molecule has 1 aliphatic rings. The Morgan fingerprint density at radius 3 is 2.83 bits per heavy atom. The number of carbonyl (C=O) groups excluding carboxylic acids is 1. The molecule has 1 saturated heterocycles. The number of ether oxygens (including phenoxy) is 1. The van der Waals surface area contributed by atoms with Gasteiger partial charge in [0.2, 0.25) is 17.7 Å². The molecular weight excluding hydrogens is 477 g/mol. The fourth-order valence-electron chi connectivity index (χ4n) is 4.47. The molecular formula is C23H25F3N8O2. The van der Waals surface area contributed by atoms with Crippen LogP contribution in [0.1, 0.15) is 26.3 Å². The SMILES string of the molecule is COc1nc(N[C@@H]2CCN(C(C)=O)CC2(F)F)nn2ccc(-c3ccc4nnn([C@@H](C)CF)c4c3)c12. The minimum Gasteiger partial charge on any atom is -0.479 e. The number of methoxy groups -OCH3 is 1. The van der Waals surface area contributed by atoms with Crippen LogP contribution in [0.3, 0.4) is 0 Å². The zero-order chi connectivity index (χ0) is 25.6. The Morgan fingerprint density at radius 2 is 2.14 bits per heavy atom. The number of nitrogens with zero attached hydrogens (tertiary/aromatic N) is 7. The number of amides is 1. The number of hydrogen-bond donors (Lipinski definition) is 1. The lowest BCUT2D eigenvalue weighted by Gasteiger charge is -2.38. The van der Waals surface area contributed by atoms with Crippen LogP contribution >= 0.6 is 0 Å². The van der Waals surface area contributed by atoms with Crippen LogP contribution in [0.5, 0.6) is 5.88 Å². The number of carbonyl (C=O) groups is 1. The average molecular weight is 503 g/mol. The molecule has 1 aliphatic heterocycles. The summed E-state index contributed by atoms with van der Waals surface area (Å²) in [5, 5.41) is 15.3. The Kier molecular flexibility index (Phi) is 5.92. The second kappa shape index (κ2) is 8.95. The molecule has 13 heteroatoms. The number of nitrogens with one attached hydrogen (secondary N) is 1. The van der Waals surface area contributed by atoms with Crippen molar-refractivity contribution < 1.29 is 22.7 Å². The molecule has 0 aliphatic carbocycles. The standard InChI is InChI=1S/C23H25F3N8O2/c1-13(11-24)34-18-10-15(4-5-17(18)29-31-34)16-6-9-33-20(16)21(36-3)28-22(30-33)27-19-7-8-32(14(2)35)12-23(19,25)26/h4-6,9-10,13,19H,7-8,11-12H2,1-3H3,(H,27,30)/t13-,19+/m0/s1. The van der Waals surface area contributed by atoms with Gasteiger partial charge in [-0.05, 0) is 37.1 Å². The first-order valence-corrected chi connectivity index (χ1v) is 11.5. The van der Waals surface area contributed by atoms with Crippen LogP contribution < -0.4 is 10.1 Å². The van der Waals surface area contributed by atoms with Crippen LogP contribution in [-0.2, 0) is 4.79 Å². The molecule has 1 fully saturated rings. The lowest BCUT2D eigenvalue weighted by Crippen LogP contribution is -2.55. The molecule has 0 saturated carbocycles. The van der Waals surface area contributed by atoms with Crippen molar-refractivity contribution in [1.29, 1.82) is 0 Å². The summed E-state index contributed by atoms with van der Waals surface area (Å²) in [6.45, 7) is 1.96. The van der Waals surface area contributed by atoms with Crippen molar-refractivity contribution in [2.24, 2.45) is 0 Å². The van der Waals surface area contributed by atoms with E-state index in [2.05, 4.69) is 25.7 Å². The smallest absolute Gasteiger partial charge is 0.285 e. The molecule has 190 valence electrons. The van der Waals surface area contributed by atoms with E-state index in [1.54, 1.807) is 19.2 Å². The number of aromatic nitrogens is 6. The van der Waals surface area contributed by atoms with E-state index in [4.69, 9.17) is 4.74 Å². The molecule has 4 aromatic rings. The predicted molar refractivity (Wildman–Crippen MR) is 126 cm³/mol. The molecule has 1 aromatic carbocycles. The first-order valence-electron chi connectivity index (χ1n) is 11.5. The van der Waals surface area contributed by atoms with Crippen molar-refractivity contribution in [2.45, 2.75) is 38.3 Å². The molecule has 1 amide bonds. The summed E-state index contributed by atoms with van der Waals surface area (Å²) in [5.41, 5.74) is 3.37. The Labute approximate surface area is 204 Å². The summed E-state index contributed by atoms with van der Waals surface area (Å²) in [5.74, 6) is -3.36. The van der Waals surface area contributed by atoms with Gasteiger partial charge in [0.15, 0.2) is 0 Å². The van der Waals surface area contributed by atoms with Crippen LogP contribution in [-0.4, -0.2) is 79.2 Å². The van der Waals surface area contributed by atoms with Gasteiger partial charge in [-0.3, -0.25) is 4.79 Å². The Bertz CT molecular complexity index is 1440. The Morgan fingerprint density at radius 1 is 1.33 bits per heavy atom. The van der Waals surface area contributed by atoms with Crippen molar-refractivity contribution in [1.82, 2.24) is 34.5 Å². The second-order valence-electron chi connectivity index (χ2n) is 8.90. The highest BCUT2D eigenvalue weighted by Crippen LogP contribution is 2.34. The van der Waals surface area contributed by atoms with Crippen LogP contribution in [0.25, 0.3) is 27.7 Å². The quantitative estimate of drug-likeness (QED) is 0.431. The zero-order valence-corrected chi connectivity index (χ0v) is 20.0. The van der Waals surface area contributed by atoms with Gasteiger partial charge in [-0.15, -0.1) is 10.2 Å². The fourth-order valence-corrected chi connectivity index (χ4v) is 4.47. The Hall–Kier alpha value is -3.90. The molecule has 10 nitrogen and oxygen atoms in total. The second-order valence-corrected chi connectivity index (χ2v) is 8.90. The van der Waals surface area contributed by atoms with Gasteiger partial charge in [0.05, 0.1) is 31.3 Å². The highest BCUT2D eigenvalue weighted by molar-refractivity contribution is 5.89. The number of hydrogen-bond acceptors (Lipinski definition) is 7. The van der Waals surface area contributed by atoms with E-state index in [1.807, 2.05) is 18.2 Å². The van der Waals surface area contributed by atoms with Gasteiger partial charge >= 0.3 is 0 Å². The summed E-state index contributed by atoms with van der Waals surface area (Å²) in [6, 6.07) is 5.60. The van der Waals surface area contributed by atoms with E-state index >= 15 is 0 Å². The van der Waals surface area contributed by atoms with E-state index in [-0.39, 0.29) is 30.7 Å². The first-order chi connectivity index (χ1) is 17.2. The van der Waals surface area contributed by atoms with E-state index in [0.717, 1.165) is 16.0 Å². The summed E-state index contributed by atoms with van der Waals surface area (Å²) in [6.07, 6.45) is 1.73. The van der Waals surface area contributed by atoms with Gasteiger partial charge in [0, 0.05) is 25.2 Å². The number of likely N-dealkylation sites (tertiary alicyclic amines) is 1. The van der Waals surface area contributed by atoms with Crippen molar-refractivity contribution in [3.8, 4) is 17.0 Å². The zero-order valence-electron chi connectivity index (χ0n) is 20.0. The minimum atomic E-state index is -3.15. The summed E-state index contributed by atoms with van der Waals surface area (Å²) in [4.78, 5) is 17.0. The molecule has 0 spiro atoms. The summed E-state index contributed by atoms with van der Waals surface area (Å²) in [7, 11) is 1.44. The molecule has 0 unspecified atom stereocenters. The molecule has 0 bridgehead atoms. The van der Waals surface area contributed by atoms with Crippen LogP contribution in [0.15, 0.2) is 30.5 Å². The summed E-state index contributed by atoms with van der Waals surface area (Å²) >= 11 is 0. The third kappa shape index (κ3) is 4.07. The maximum atomic E-state index is 14.7. The molecule has 36 heavy (non-hydrogen) atoms. The van der Waals surface area contributed by atoms with E-state index in [9.17, 15) is 18.0 Å². The van der Waals surface area contributed by atoms with E-state index in [0.29, 0.717) is 16.6 Å². The number of piperidine rings is 1. The fraction of sp³-hybridized carbons (Fsp3) is 0.435. The van der Waals surface area contributed by atoms with Gasteiger partial charge < -0.3 is 15.0 Å². The summed E-state index contributed by atoms with van der Waals surface area (Å²) < 4.78 is 51.2. The molecule has 0 radical (unpaired) electrons. The average Bonchev–Trinajstić information content (AvgIpc) is 3.48. The van der Waals surface area contributed by atoms with Crippen molar-refractivity contribution in [3.63, 3.8) is 0 Å². The maximum Gasteiger partial charge on any atom is 0.285 e. The van der Waals surface area contributed by atoms with Gasteiger partial charge in [-0.2, -0.15) is 4.98 Å². The predicted octanol–water partition coefficient (Wildman–Crippen LogP) is 3.35. The lowest BCUT2D eigenvalue weighted by molar-refractivity contribution is -0.140. The molecule has 1 N–H and O–H groups in total. The number of halogens is 3. The van der Waals surface area contributed by atoms with Crippen molar-refractivity contribution in [2.75, 3.05) is 32.2 Å². The van der Waals surface area contributed by atoms with Gasteiger partial charge in [-0.25, -0.2) is 22.4 Å². The molecule has 5 rings (SSSR count). The van der Waals surface area contributed by atoms with Crippen LogP contribution in [0.4, 0.5) is 19.1 Å². The number of rotatable bonds is 6. The first kappa shape index (κ1) is 23.8. The number of benzene rings is 1. The number of anilines is 1. The van der Waals surface area contributed by atoms with Gasteiger partial charge in [0.25, 0.3) is 5.92 Å². The normalized spacial score (nSPS) is 18.5. The van der Waals surface area contributed by atoms with E-state index < -0.39 is 31.2 Å². The highest BCUT2D eigenvalue weighted by atomic mass is 19.3. The highest BCUT2D eigenvalue weighted by Gasteiger charge is 2.45. The number of alkyl halides is 3. The topological polar surface area (TPSA) is 102 Å². The van der Waals surface area contributed by atoms with Crippen LogP contribution in [0.2, 0.25) is 0 Å². The van der Waals surface area contributed by atoms with Gasteiger partial charge in [0.1, 0.15) is 17.7 Å². The van der Waals surface area contributed by atoms with Crippen LogP contribution in [0, 0.1) is 0 Å². The maximum absolute atomic E-state index is 14.7. The lowest BCUT2D eigenvalue weighted by atomic mass is 10.0. The monoisotopic (exact) mass is 502 g/mol. The number of fused-ring (bicyclic) bond motifs is 2. The minimum absolute atomic E-state index is 0.0167. The van der Waals surface area contributed by atoms with Crippen molar-refractivity contribution >= 4 is 28.4 Å².